The van der Waals surface area contributed by atoms with Crippen LogP contribution in [0.25, 0.3) is 11.4 Å². The lowest BCUT2D eigenvalue weighted by Gasteiger charge is -2.22. The fraction of sp³-hybridized carbons (Fsp3) is 0.286. The number of ether oxygens (including phenoxy) is 2. The van der Waals surface area contributed by atoms with Gasteiger partial charge in [0.05, 0.1) is 20.8 Å². The first-order valence-corrected chi connectivity index (χ1v) is 9.63. The summed E-state index contributed by atoms with van der Waals surface area (Å²) in [4.78, 5) is 10.7. The summed E-state index contributed by atoms with van der Waals surface area (Å²) in [6, 6.07) is 13.0. The Morgan fingerprint density at radius 2 is 2.00 bits per heavy atom. The Labute approximate surface area is 203 Å². The summed E-state index contributed by atoms with van der Waals surface area (Å²) in [6.45, 7) is 0.925. The third kappa shape index (κ3) is 6.47. The van der Waals surface area contributed by atoms with Crippen LogP contribution in [0, 0.1) is 0 Å². The van der Waals surface area contributed by atoms with Crippen molar-refractivity contribution >= 4 is 41.5 Å². The number of nitrogens with one attached hydrogen (secondary N) is 1. The van der Waals surface area contributed by atoms with Gasteiger partial charge in [0.15, 0.2) is 5.96 Å². The Hall–Kier alpha value is -2.53. The summed E-state index contributed by atoms with van der Waals surface area (Å²) in [6.07, 6.45) is 0. The van der Waals surface area contributed by atoms with Crippen molar-refractivity contribution in [2.24, 2.45) is 4.99 Å². The van der Waals surface area contributed by atoms with Crippen LogP contribution in [0.5, 0.6) is 11.5 Å². The molecule has 10 heteroatoms. The maximum atomic E-state index is 6.03. The zero-order valence-electron chi connectivity index (χ0n) is 17.8. The molecule has 0 aliphatic heterocycles. The minimum atomic E-state index is 0. The minimum Gasteiger partial charge on any atom is -0.497 e. The molecule has 8 nitrogen and oxygen atoms in total. The fourth-order valence-electron chi connectivity index (χ4n) is 2.92. The van der Waals surface area contributed by atoms with E-state index in [1.54, 1.807) is 33.4 Å². The molecule has 0 bridgehead atoms. The van der Waals surface area contributed by atoms with Gasteiger partial charge in [-0.3, -0.25) is 4.99 Å². The van der Waals surface area contributed by atoms with E-state index < -0.39 is 0 Å². The number of nitrogens with zero attached hydrogens (tertiary/aromatic N) is 4. The molecule has 1 heterocycles. The van der Waals surface area contributed by atoms with Crippen LogP contribution in [0.3, 0.4) is 0 Å². The standard InChI is InChI=1S/C21H24ClN5O3.HI/c1-23-21(27(2)13-15-8-9-17(28-3)11-18(15)29-4)24-12-19-25-20(26-30-19)14-6-5-7-16(22)10-14;/h5-11H,12-13H2,1-4H3,(H,23,24);1H. The van der Waals surface area contributed by atoms with Gasteiger partial charge in [-0.25, -0.2) is 0 Å². The molecule has 0 spiro atoms. The molecular weight excluding hydrogens is 533 g/mol. The average Bonchev–Trinajstić information content (AvgIpc) is 3.23. The van der Waals surface area contributed by atoms with E-state index in [0.29, 0.717) is 35.8 Å². The summed E-state index contributed by atoms with van der Waals surface area (Å²) >= 11 is 6.03. The molecule has 0 atom stereocenters. The number of methoxy groups -OCH3 is 2. The minimum absolute atomic E-state index is 0. The van der Waals surface area contributed by atoms with Gasteiger partial charge in [-0.2, -0.15) is 4.98 Å². The van der Waals surface area contributed by atoms with Gasteiger partial charge < -0.3 is 24.2 Å². The number of aliphatic imine (C=N–C) groups is 1. The van der Waals surface area contributed by atoms with Gasteiger partial charge in [0.2, 0.25) is 11.7 Å². The lowest BCUT2D eigenvalue weighted by molar-refractivity contribution is 0.369. The van der Waals surface area contributed by atoms with Crippen molar-refractivity contribution in [3.63, 3.8) is 0 Å². The van der Waals surface area contributed by atoms with Gasteiger partial charge in [0, 0.05) is 42.9 Å². The largest absolute Gasteiger partial charge is 0.497 e. The third-order valence-corrected chi connectivity index (χ3v) is 4.66. The molecule has 3 rings (SSSR count). The summed E-state index contributed by atoms with van der Waals surface area (Å²) < 4.78 is 16.1. The van der Waals surface area contributed by atoms with Crippen LogP contribution >= 0.6 is 35.6 Å². The molecule has 0 radical (unpaired) electrons. The second-order valence-electron chi connectivity index (χ2n) is 6.46. The van der Waals surface area contributed by atoms with E-state index in [-0.39, 0.29) is 24.0 Å². The van der Waals surface area contributed by atoms with Crippen molar-refractivity contribution in [1.29, 1.82) is 0 Å². The van der Waals surface area contributed by atoms with Crippen molar-refractivity contribution in [2.45, 2.75) is 13.1 Å². The molecule has 0 fully saturated rings. The van der Waals surface area contributed by atoms with Crippen LogP contribution in [-0.4, -0.2) is 49.3 Å². The number of aromatic nitrogens is 2. The second-order valence-corrected chi connectivity index (χ2v) is 6.89. The number of halogens is 2. The van der Waals surface area contributed by atoms with Crippen molar-refractivity contribution in [3.8, 4) is 22.9 Å². The smallest absolute Gasteiger partial charge is 0.246 e. The molecule has 0 aliphatic rings. The molecule has 0 amide bonds. The van der Waals surface area contributed by atoms with Gasteiger partial charge in [0.1, 0.15) is 11.5 Å². The highest BCUT2D eigenvalue weighted by Crippen LogP contribution is 2.25. The summed E-state index contributed by atoms with van der Waals surface area (Å²) in [5.41, 5.74) is 1.80. The van der Waals surface area contributed by atoms with E-state index in [1.807, 2.05) is 42.3 Å². The predicted molar refractivity (Wildman–Crippen MR) is 131 cm³/mol. The fourth-order valence-corrected chi connectivity index (χ4v) is 3.11. The summed E-state index contributed by atoms with van der Waals surface area (Å²) in [7, 11) is 6.92. The maximum Gasteiger partial charge on any atom is 0.246 e. The molecule has 0 saturated carbocycles. The van der Waals surface area contributed by atoms with Gasteiger partial charge in [0.25, 0.3) is 0 Å². The Bertz CT molecular complexity index is 1030. The molecule has 0 aliphatic carbocycles. The van der Waals surface area contributed by atoms with Gasteiger partial charge in [-0.15, -0.1) is 24.0 Å². The van der Waals surface area contributed by atoms with E-state index in [1.165, 1.54) is 0 Å². The zero-order valence-corrected chi connectivity index (χ0v) is 20.8. The van der Waals surface area contributed by atoms with Crippen molar-refractivity contribution in [3.05, 3.63) is 58.9 Å². The SMILES string of the molecule is CN=C(NCc1nc(-c2cccc(Cl)c2)no1)N(C)Cc1ccc(OC)cc1OC.I. The van der Waals surface area contributed by atoms with E-state index in [0.717, 1.165) is 22.6 Å². The molecule has 31 heavy (non-hydrogen) atoms. The quantitative estimate of drug-likeness (QED) is 0.264. The van der Waals surface area contributed by atoms with Gasteiger partial charge >= 0.3 is 0 Å². The summed E-state index contributed by atoms with van der Waals surface area (Å²) in [5, 5.41) is 7.86. The van der Waals surface area contributed by atoms with E-state index in [2.05, 4.69) is 20.4 Å². The summed E-state index contributed by atoms with van der Waals surface area (Å²) in [5.74, 6) is 3.10. The monoisotopic (exact) mass is 557 g/mol. The third-order valence-electron chi connectivity index (χ3n) is 4.42. The second kappa shape index (κ2) is 11.8. The molecule has 2 aromatic carbocycles. The maximum absolute atomic E-state index is 6.03. The first-order valence-electron chi connectivity index (χ1n) is 9.25. The lowest BCUT2D eigenvalue weighted by Crippen LogP contribution is -2.38. The van der Waals surface area contributed by atoms with E-state index in [9.17, 15) is 0 Å². The molecule has 3 aromatic rings. The van der Waals surface area contributed by atoms with E-state index in [4.69, 9.17) is 25.6 Å². The van der Waals surface area contributed by atoms with Crippen LogP contribution in [0.4, 0.5) is 0 Å². The Kier molecular flexibility index (Phi) is 9.38. The van der Waals surface area contributed by atoms with Crippen LogP contribution in [0.2, 0.25) is 5.02 Å². The number of hydrogen-bond donors (Lipinski definition) is 1. The van der Waals surface area contributed by atoms with E-state index >= 15 is 0 Å². The molecule has 1 aromatic heterocycles. The highest BCUT2D eigenvalue weighted by molar-refractivity contribution is 14.0. The Morgan fingerprint density at radius 3 is 2.68 bits per heavy atom. The van der Waals surface area contributed by atoms with Crippen molar-refractivity contribution in [2.75, 3.05) is 28.3 Å². The lowest BCUT2D eigenvalue weighted by atomic mass is 10.2. The molecule has 166 valence electrons. The number of benzene rings is 2. The van der Waals surface area contributed by atoms with Crippen LogP contribution in [0.1, 0.15) is 11.5 Å². The molecule has 0 saturated heterocycles. The zero-order chi connectivity index (χ0) is 21.5. The topological polar surface area (TPSA) is 85.0 Å². The van der Waals surface area contributed by atoms with Crippen LogP contribution in [-0.2, 0) is 13.1 Å². The highest BCUT2D eigenvalue weighted by Gasteiger charge is 2.13. The van der Waals surface area contributed by atoms with Gasteiger partial charge in [-0.1, -0.05) is 28.9 Å². The molecule has 1 N–H and O–H groups in total. The first-order chi connectivity index (χ1) is 14.5. The highest BCUT2D eigenvalue weighted by atomic mass is 127. The molecular formula is C21H25ClIN5O3. The van der Waals surface area contributed by atoms with Crippen LogP contribution < -0.4 is 14.8 Å². The molecule has 0 unspecified atom stereocenters. The van der Waals surface area contributed by atoms with Crippen molar-refractivity contribution in [1.82, 2.24) is 20.4 Å². The number of guanidine groups is 1. The number of hydrogen-bond acceptors (Lipinski definition) is 6. The van der Waals surface area contributed by atoms with Crippen LogP contribution in [0.15, 0.2) is 52.0 Å². The average molecular weight is 558 g/mol. The number of rotatable bonds is 7. The van der Waals surface area contributed by atoms with Gasteiger partial charge in [-0.05, 0) is 24.3 Å². The predicted octanol–water partition coefficient (Wildman–Crippen LogP) is 4.23. The Morgan fingerprint density at radius 1 is 1.19 bits per heavy atom. The normalized spacial score (nSPS) is 10.9. The first kappa shape index (κ1) is 24.7. The van der Waals surface area contributed by atoms with Crippen molar-refractivity contribution < 1.29 is 14.0 Å². The Balaban J connectivity index is 0.00000341.